The lowest BCUT2D eigenvalue weighted by Gasteiger charge is -2.40. The van der Waals surface area contributed by atoms with Gasteiger partial charge in [-0.2, -0.15) is 0 Å². The maximum Gasteiger partial charge on any atom is 0.228 e. The van der Waals surface area contributed by atoms with Gasteiger partial charge in [0, 0.05) is 11.5 Å². The topological polar surface area (TPSA) is 46.2 Å². The van der Waals surface area contributed by atoms with Crippen LogP contribution in [-0.4, -0.2) is 22.6 Å². The molecule has 1 N–H and O–H groups in total. The highest BCUT2D eigenvalue weighted by Gasteiger charge is 2.76. The second-order valence-electron chi connectivity index (χ2n) is 7.96. The summed E-state index contributed by atoms with van der Waals surface area (Å²) in [5.74, 6) is 0.327. The number of hydrogen-bond acceptors (Lipinski definition) is 2. The third kappa shape index (κ3) is 1.77. The van der Waals surface area contributed by atoms with Crippen molar-refractivity contribution in [1.82, 2.24) is 5.32 Å². The average molecular weight is 356 g/mol. The van der Waals surface area contributed by atoms with Gasteiger partial charge in [-0.15, -0.1) is 0 Å². The largest absolute Gasteiger partial charge is 0.353 e. The van der Waals surface area contributed by atoms with Crippen molar-refractivity contribution in [2.45, 2.75) is 76.6 Å². The molecule has 0 aliphatic heterocycles. The van der Waals surface area contributed by atoms with Gasteiger partial charge in [-0.05, 0) is 31.1 Å². The Morgan fingerprint density at radius 3 is 2.29 bits per heavy atom. The van der Waals surface area contributed by atoms with E-state index in [1.807, 2.05) is 6.92 Å². The molecule has 0 radical (unpaired) electrons. The summed E-state index contributed by atoms with van der Waals surface area (Å²) in [6.45, 7) is 6.27. The first-order valence-corrected chi connectivity index (χ1v) is 9.18. The molecule has 3 saturated carbocycles. The van der Waals surface area contributed by atoms with Crippen molar-refractivity contribution in [3.8, 4) is 0 Å². The van der Waals surface area contributed by atoms with Gasteiger partial charge < -0.3 is 5.32 Å². The fourth-order valence-electron chi connectivity index (χ4n) is 5.02. The molecule has 0 saturated heterocycles. The Labute approximate surface area is 135 Å². The van der Waals surface area contributed by atoms with Gasteiger partial charge in [0.15, 0.2) is 5.78 Å². The second-order valence-corrected chi connectivity index (χ2v) is 8.88. The number of fused-ring (bicyclic) bond motifs is 2. The zero-order chi connectivity index (χ0) is 15.5. The van der Waals surface area contributed by atoms with Crippen LogP contribution in [0.3, 0.4) is 0 Å². The van der Waals surface area contributed by atoms with Crippen LogP contribution >= 0.6 is 15.9 Å². The Morgan fingerprint density at radius 2 is 1.76 bits per heavy atom. The minimum Gasteiger partial charge on any atom is -0.353 e. The van der Waals surface area contributed by atoms with E-state index in [4.69, 9.17) is 0 Å². The van der Waals surface area contributed by atoms with Crippen LogP contribution in [0, 0.1) is 16.2 Å². The first-order chi connectivity index (χ1) is 9.77. The van der Waals surface area contributed by atoms with Crippen LogP contribution in [0.25, 0.3) is 0 Å². The van der Waals surface area contributed by atoms with E-state index in [2.05, 4.69) is 35.1 Å². The number of Topliss-reactive ketones (excluding diaryl/α,β-unsaturated/α-hetero) is 1. The normalized spacial score (nSPS) is 42.3. The summed E-state index contributed by atoms with van der Waals surface area (Å²) in [6, 6.07) is 0.304. The summed E-state index contributed by atoms with van der Waals surface area (Å²) in [5, 5.41) is 3.28. The highest BCUT2D eigenvalue weighted by atomic mass is 79.9. The molecule has 0 aromatic heterocycles. The third-order valence-corrected chi connectivity index (χ3v) is 8.26. The van der Waals surface area contributed by atoms with E-state index in [-0.39, 0.29) is 27.3 Å². The Kier molecular flexibility index (Phi) is 3.55. The second kappa shape index (κ2) is 4.81. The molecule has 3 aliphatic carbocycles. The molecule has 118 valence electrons. The molecule has 2 unspecified atom stereocenters. The molecule has 3 fully saturated rings. The van der Waals surface area contributed by atoms with Crippen molar-refractivity contribution >= 4 is 27.6 Å². The lowest BCUT2D eigenvalue weighted by atomic mass is 9.64. The van der Waals surface area contributed by atoms with Crippen LogP contribution in [0.5, 0.6) is 0 Å². The number of alkyl halides is 1. The summed E-state index contributed by atoms with van der Waals surface area (Å²) in [6.07, 6.45) is 7.50. The first kappa shape index (κ1) is 15.5. The Hall–Kier alpha value is -0.380. The molecule has 0 aromatic carbocycles. The summed E-state index contributed by atoms with van der Waals surface area (Å²) < 4.78 is 0. The molecule has 1 amide bonds. The van der Waals surface area contributed by atoms with Crippen LogP contribution in [0.15, 0.2) is 0 Å². The van der Waals surface area contributed by atoms with Gasteiger partial charge in [-0.1, -0.05) is 56.0 Å². The molecule has 0 heterocycles. The smallest absolute Gasteiger partial charge is 0.228 e. The lowest BCUT2D eigenvalue weighted by molar-refractivity contribution is -0.136. The van der Waals surface area contributed by atoms with Gasteiger partial charge in [0.05, 0.1) is 10.2 Å². The van der Waals surface area contributed by atoms with Crippen LogP contribution in [0.4, 0.5) is 0 Å². The van der Waals surface area contributed by atoms with Gasteiger partial charge >= 0.3 is 0 Å². The van der Waals surface area contributed by atoms with Crippen molar-refractivity contribution in [3.05, 3.63) is 0 Å². The zero-order valence-corrected chi connectivity index (χ0v) is 14.9. The quantitative estimate of drug-likeness (QED) is 0.769. The van der Waals surface area contributed by atoms with E-state index in [0.29, 0.717) is 6.04 Å². The van der Waals surface area contributed by atoms with Crippen LogP contribution in [-0.2, 0) is 9.59 Å². The van der Waals surface area contributed by atoms with Gasteiger partial charge in [0.2, 0.25) is 5.91 Å². The zero-order valence-electron chi connectivity index (χ0n) is 13.3. The number of carbonyl (C=O) groups is 2. The molecular formula is C17H26BrNO2. The first-order valence-electron chi connectivity index (χ1n) is 8.27. The van der Waals surface area contributed by atoms with Gasteiger partial charge in [0.25, 0.3) is 0 Å². The van der Waals surface area contributed by atoms with E-state index >= 15 is 0 Å². The predicted octanol–water partition coefficient (Wildman–Crippen LogP) is 3.59. The maximum atomic E-state index is 13.1. The Balaban J connectivity index is 1.89. The molecule has 0 aromatic rings. The van der Waals surface area contributed by atoms with Crippen molar-refractivity contribution in [3.63, 3.8) is 0 Å². The van der Waals surface area contributed by atoms with Crippen molar-refractivity contribution < 1.29 is 9.59 Å². The summed E-state index contributed by atoms with van der Waals surface area (Å²) in [4.78, 5) is 25.5. The monoisotopic (exact) mass is 355 g/mol. The molecule has 3 atom stereocenters. The molecule has 3 nitrogen and oxygen atoms in total. The van der Waals surface area contributed by atoms with Crippen molar-refractivity contribution in [2.75, 3.05) is 0 Å². The molecule has 3 rings (SSSR count). The molecule has 3 aliphatic rings. The number of amides is 1. The molecule has 2 bridgehead atoms. The minimum absolute atomic E-state index is 0.107. The molecule has 4 heteroatoms. The lowest BCUT2D eigenvalue weighted by Crippen LogP contribution is -2.53. The summed E-state index contributed by atoms with van der Waals surface area (Å²) in [5.41, 5.74) is -1.23. The fourth-order valence-corrected chi connectivity index (χ4v) is 6.53. The van der Waals surface area contributed by atoms with Crippen molar-refractivity contribution in [1.29, 1.82) is 0 Å². The van der Waals surface area contributed by atoms with E-state index in [1.165, 1.54) is 19.3 Å². The minimum atomic E-state index is -0.573. The molecular weight excluding hydrogens is 330 g/mol. The number of hydrogen-bond donors (Lipinski definition) is 1. The highest BCUT2D eigenvalue weighted by Crippen LogP contribution is 2.72. The summed E-state index contributed by atoms with van der Waals surface area (Å²) in [7, 11) is 0. The number of ketones is 1. The maximum absolute atomic E-state index is 13.1. The van der Waals surface area contributed by atoms with Crippen LogP contribution in [0.2, 0.25) is 0 Å². The predicted molar refractivity (Wildman–Crippen MR) is 86.3 cm³/mol. The average Bonchev–Trinajstić information content (AvgIpc) is 2.72. The Morgan fingerprint density at radius 1 is 1.14 bits per heavy atom. The van der Waals surface area contributed by atoms with E-state index in [1.54, 1.807) is 0 Å². The standard InChI is InChI=1S/C17H26BrNO2/c1-15(2)16(3)9-10-17(15,12(18)13(16)20)14(21)19-11-7-5-4-6-8-11/h11-12H,4-10H2,1-3H3,(H,19,21)/t12-,16?,17?/m1/s1. The Bertz CT molecular complexity index is 483. The number of carbonyl (C=O) groups excluding carboxylic acids is 2. The van der Waals surface area contributed by atoms with Crippen molar-refractivity contribution in [2.24, 2.45) is 16.2 Å². The molecule has 21 heavy (non-hydrogen) atoms. The fraction of sp³-hybridized carbons (Fsp3) is 0.882. The number of rotatable bonds is 2. The third-order valence-electron chi connectivity index (χ3n) is 7.07. The SMILES string of the molecule is CC12CCC(C(=O)NC3CCCCC3)([C@H](Br)C1=O)C2(C)C. The number of halogens is 1. The number of nitrogens with one attached hydrogen (secondary N) is 1. The van der Waals surface area contributed by atoms with Crippen LogP contribution < -0.4 is 5.32 Å². The highest BCUT2D eigenvalue weighted by molar-refractivity contribution is 9.10. The van der Waals surface area contributed by atoms with E-state index < -0.39 is 5.41 Å². The van der Waals surface area contributed by atoms with Gasteiger partial charge in [0.1, 0.15) is 0 Å². The van der Waals surface area contributed by atoms with E-state index in [0.717, 1.165) is 25.7 Å². The van der Waals surface area contributed by atoms with E-state index in [9.17, 15) is 9.59 Å². The van der Waals surface area contributed by atoms with Crippen LogP contribution in [0.1, 0.15) is 65.7 Å². The summed E-state index contributed by atoms with van der Waals surface area (Å²) >= 11 is 3.58. The van der Waals surface area contributed by atoms with Gasteiger partial charge in [-0.25, -0.2) is 0 Å². The molecule has 0 spiro atoms. The van der Waals surface area contributed by atoms with Gasteiger partial charge in [-0.3, -0.25) is 9.59 Å².